The van der Waals surface area contributed by atoms with E-state index in [2.05, 4.69) is 67.1 Å². The molecule has 0 saturated carbocycles. The lowest BCUT2D eigenvalue weighted by atomic mass is 9.80. The van der Waals surface area contributed by atoms with Crippen LogP contribution in [-0.2, 0) is 19.1 Å². The van der Waals surface area contributed by atoms with Crippen LogP contribution in [0, 0.1) is 0 Å². The second-order valence-electron chi connectivity index (χ2n) is 10.8. The summed E-state index contributed by atoms with van der Waals surface area (Å²) >= 11 is 4.71. The maximum absolute atomic E-state index is 11.7. The topological polar surface area (TPSA) is 59.1 Å². The lowest BCUT2D eigenvalue weighted by molar-refractivity contribution is -0.149. The number of fused-ring (bicyclic) bond motifs is 6. The number of rotatable bonds is 0. The van der Waals surface area contributed by atoms with E-state index in [-0.39, 0.29) is 30.6 Å². The van der Waals surface area contributed by atoms with Gasteiger partial charge in [-0.05, 0) is 84.0 Å². The number of carbonyl (C=O) groups excluding carboxylic acids is 2. The molecule has 6 nitrogen and oxygen atoms in total. The van der Waals surface area contributed by atoms with Gasteiger partial charge in [0.1, 0.15) is 0 Å². The van der Waals surface area contributed by atoms with Gasteiger partial charge in [-0.25, -0.2) is 9.59 Å². The number of esters is 2. The summed E-state index contributed by atoms with van der Waals surface area (Å²) in [7, 11) is 0. The number of carbonyl (C=O) groups is 2. The van der Waals surface area contributed by atoms with Crippen molar-refractivity contribution in [2.75, 3.05) is 13.1 Å². The fraction of sp³-hybridized carbons (Fsp3) is 0.630. The molecule has 6 aliphatic heterocycles. The molecular weight excluding hydrogens is 670 g/mol. The maximum Gasteiger partial charge on any atom is 0.332 e. The fourth-order valence-electron chi connectivity index (χ4n) is 8.01. The zero-order valence-corrected chi connectivity index (χ0v) is 23.3. The summed E-state index contributed by atoms with van der Waals surface area (Å²) in [6, 6.07) is 1.80. The van der Waals surface area contributed by atoms with E-state index >= 15 is 0 Å². The molecule has 8 heteroatoms. The van der Waals surface area contributed by atoms with Gasteiger partial charge in [-0.3, -0.25) is 9.80 Å². The molecule has 0 unspecified atom stereocenters. The van der Waals surface area contributed by atoms with Gasteiger partial charge in [0.15, 0.2) is 11.2 Å². The molecule has 8 aliphatic rings. The molecule has 2 aliphatic carbocycles. The Labute approximate surface area is 234 Å². The maximum atomic E-state index is 11.7. The predicted molar refractivity (Wildman–Crippen MR) is 150 cm³/mol. The van der Waals surface area contributed by atoms with Crippen LogP contribution >= 0.6 is 45.2 Å². The van der Waals surface area contributed by atoms with Crippen LogP contribution in [0.15, 0.2) is 42.6 Å². The third-order valence-electron chi connectivity index (χ3n) is 9.24. The van der Waals surface area contributed by atoms with Crippen LogP contribution in [-0.4, -0.2) is 70.2 Å². The van der Waals surface area contributed by atoms with Crippen molar-refractivity contribution in [1.82, 2.24) is 9.80 Å². The molecule has 0 radical (unpaired) electrons. The zero-order chi connectivity index (χ0) is 23.2. The Bertz CT molecular complexity index is 1030. The molecule has 0 aromatic rings. The first-order chi connectivity index (χ1) is 16.4. The van der Waals surface area contributed by atoms with Gasteiger partial charge < -0.3 is 9.47 Å². The monoisotopic (exact) mass is 702 g/mol. The molecule has 4 fully saturated rings. The minimum absolute atomic E-state index is 0. The summed E-state index contributed by atoms with van der Waals surface area (Å²) in [6.07, 6.45) is 17.4. The van der Waals surface area contributed by atoms with Gasteiger partial charge in [-0.15, -0.1) is 0 Å². The van der Waals surface area contributed by atoms with Crippen molar-refractivity contribution in [1.29, 1.82) is 0 Å². The SMILES string of the molecule is C.O=C1C=C2C(I)=C[C@@H]3C[C@@]2(O1)[C@H]1CCCCN31.O=C1C=C2C(I)=C[C@@H]3C[C@@]2(O1)[C@H]1CCCCN31. The highest BCUT2D eigenvalue weighted by Crippen LogP contribution is 2.56. The fourth-order valence-corrected chi connectivity index (χ4v) is 10.1. The largest absolute Gasteiger partial charge is 0.449 e. The van der Waals surface area contributed by atoms with E-state index in [0.29, 0.717) is 24.2 Å². The molecule has 4 saturated heterocycles. The molecule has 6 heterocycles. The van der Waals surface area contributed by atoms with Crippen molar-refractivity contribution >= 4 is 57.1 Å². The third kappa shape index (κ3) is 3.44. The summed E-state index contributed by atoms with van der Waals surface area (Å²) < 4.78 is 14.0. The summed E-state index contributed by atoms with van der Waals surface area (Å²) in [5.74, 6) is -0.286. The highest BCUT2D eigenvalue weighted by atomic mass is 127. The first-order valence-corrected chi connectivity index (χ1v) is 14.7. The Morgan fingerprint density at radius 2 is 1.17 bits per heavy atom. The van der Waals surface area contributed by atoms with Crippen LogP contribution in [0.4, 0.5) is 0 Å². The number of halogens is 2. The quantitative estimate of drug-likeness (QED) is 0.263. The second-order valence-corrected chi connectivity index (χ2v) is 13.1. The van der Waals surface area contributed by atoms with Crippen molar-refractivity contribution in [2.45, 2.75) is 94.2 Å². The van der Waals surface area contributed by atoms with Crippen LogP contribution in [0.25, 0.3) is 0 Å². The number of hydrogen-bond acceptors (Lipinski definition) is 6. The van der Waals surface area contributed by atoms with Crippen LogP contribution in [0.2, 0.25) is 0 Å². The molecule has 188 valence electrons. The van der Waals surface area contributed by atoms with E-state index in [9.17, 15) is 9.59 Å². The van der Waals surface area contributed by atoms with E-state index in [0.717, 1.165) is 37.1 Å². The Hall–Kier alpha value is -0.720. The van der Waals surface area contributed by atoms with Crippen molar-refractivity contribution in [3.8, 4) is 0 Å². The van der Waals surface area contributed by atoms with E-state index in [1.807, 2.05) is 0 Å². The molecule has 2 spiro atoms. The van der Waals surface area contributed by atoms with Gasteiger partial charge in [0.25, 0.3) is 0 Å². The van der Waals surface area contributed by atoms with Crippen LogP contribution in [0.1, 0.15) is 58.8 Å². The third-order valence-corrected chi connectivity index (χ3v) is 11.1. The molecule has 6 atom stereocenters. The van der Waals surface area contributed by atoms with Crippen molar-refractivity contribution in [2.24, 2.45) is 0 Å². The first-order valence-electron chi connectivity index (χ1n) is 12.6. The summed E-state index contributed by atoms with van der Waals surface area (Å²) in [5, 5.41) is 0. The predicted octanol–water partition coefficient (Wildman–Crippen LogP) is 4.97. The molecule has 4 bridgehead atoms. The molecule has 0 N–H and O–H groups in total. The van der Waals surface area contributed by atoms with Gasteiger partial charge in [-0.1, -0.05) is 32.4 Å². The van der Waals surface area contributed by atoms with Crippen molar-refractivity contribution in [3.05, 3.63) is 42.6 Å². The van der Waals surface area contributed by atoms with E-state index in [4.69, 9.17) is 9.47 Å². The first kappa shape index (κ1) is 24.6. The van der Waals surface area contributed by atoms with Crippen molar-refractivity contribution < 1.29 is 19.1 Å². The number of nitrogens with zero attached hydrogens (tertiary/aromatic N) is 2. The molecule has 8 rings (SSSR count). The van der Waals surface area contributed by atoms with Crippen LogP contribution < -0.4 is 0 Å². The Morgan fingerprint density at radius 1 is 0.743 bits per heavy atom. The molecular formula is C27H32I2N2O4. The van der Waals surface area contributed by atoms with Gasteiger partial charge >= 0.3 is 11.9 Å². The number of ether oxygens (including phenoxy) is 2. The van der Waals surface area contributed by atoms with Crippen molar-refractivity contribution in [3.63, 3.8) is 0 Å². The Kier molecular flexibility index (Phi) is 6.09. The lowest BCUT2D eigenvalue weighted by Crippen LogP contribution is -2.48. The normalized spacial score (nSPS) is 42.5. The molecule has 35 heavy (non-hydrogen) atoms. The van der Waals surface area contributed by atoms with Gasteiger partial charge in [0.05, 0.1) is 12.1 Å². The number of piperidine rings is 2. The summed E-state index contributed by atoms with van der Waals surface area (Å²) in [6.45, 7) is 2.31. The summed E-state index contributed by atoms with van der Waals surface area (Å²) in [5.41, 5.74) is 1.70. The van der Waals surface area contributed by atoms with E-state index in [1.54, 1.807) is 12.2 Å². The van der Waals surface area contributed by atoms with Crippen LogP contribution in [0.3, 0.4) is 0 Å². The Morgan fingerprint density at radius 3 is 1.60 bits per heavy atom. The molecule has 0 amide bonds. The average molecular weight is 702 g/mol. The number of hydrogen-bond donors (Lipinski definition) is 0. The highest BCUT2D eigenvalue weighted by Gasteiger charge is 2.62. The summed E-state index contributed by atoms with van der Waals surface area (Å²) in [4.78, 5) is 28.4. The van der Waals surface area contributed by atoms with Crippen LogP contribution in [0.5, 0.6) is 0 Å². The minimum Gasteiger partial charge on any atom is -0.449 e. The molecule has 0 aromatic heterocycles. The smallest absolute Gasteiger partial charge is 0.332 e. The van der Waals surface area contributed by atoms with E-state index < -0.39 is 0 Å². The standard InChI is InChI=1S/2C13H14INO2.CH4/c2*14-10-5-8-7-13(9(10)6-12(16)17-13)11-3-1-2-4-15(8)11;/h2*5-6,8,11H,1-4,7H2;1H4/t2*8-,11-,13+;/m11./s1. The second kappa shape index (κ2) is 8.66. The zero-order valence-electron chi connectivity index (χ0n) is 19.0. The highest BCUT2D eigenvalue weighted by molar-refractivity contribution is 14.1. The van der Waals surface area contributed by atoms with E-state index in [1.165, 1.54) is 45.7 Å². The van der Waals surface area contributed by atoms with Gasteiger partial charge in [-0.2, -0.15) is 0 Å². The van der Waals surface area contributed by atoms with Gasteiger partial charge in [0.2, 0.25) is 0 Å². The Balaban J connectivity index is 0.000000127. The minimum atomic E-state index is -0.298. The molecule has 0 aromatic carbocycles. The lowest BCUT2D eigenvalue weighted by Gasteiger charge is -2.38. The average Bonchev–Trinajstić information content (AvgIpc) is 3.51. The van der Waals surface area contributed by atoms with Gasteiger partial charge in [0, 0.05) is 55.4 Å².